The number of aromatic amines is 1. The van der Waals surface area contributed by atoms with E-state index in [9.17, 15) is 25.1 Å². The molecule has 0 bridgehead atoms. The molecule has 1 aromatic heterocycles. The highest BCUT2D eigenvalue weighted by Gasteiger charge is 2.56. The third-order valence-corrected chi connectivity index (χ3v) is 7.38. The molecular formula is C21H27N6O8PS2. The molecule has 6 atom stereocenters. The number of aliphatic hydroxyl groups excluding tert-OH is 2. The van der Waals surface area contributed by atoms with Crippen molar-refractivity contribution in [3.8, 4) is 5.75 Å². The van der Waals surface area contributed by atoms with Crippen molar-refractivity contribution in [3.05, 3.63) is 62.4 Å². The quantitative estimate of drug-likeness (QED) is 0.0749. The normalized spacial score (nSPS) is 25.3. The maximum Gasteiger partial charge on any atom is 0.459 e. The Morgan fingerprint density at radius 1 is 1.32 bits per heavy atom. The van der Waals surface area contributed by atoms with E-state index in [4.69, 9.17) is 43.0 Å². The van der Waals surface area contributed by atoms with Gasteiger partial charge in [0, 0.05) is 11.1 Å². The minimum absolute atomic E-state index is 0.0589. The Hall–Kier alpha value is -2.65. The molecule has 4 N–H and O–H groups in total. The van der Waals surface area contributed by atoms with Gasteiger partial charge in [-0.3, -0.25) is 13.9 Å². The molecule has 2 unspecified atom stereocenters. The number of ether oxygens (including phenoxy) is 2. The van der Waals surface area contributed by atoms with Crippen molar-refractivity contribution < 1.29 is 38.1 Å². The fourth-order valence-electron chi connectivity index (χ4n) is 3.44. The number of aliphatic hydroxyl groups is 2. The van der Waals surface area contributed by atoms with Gasteiger partial charge < -0.3 is 29.2 Å². The van der Waals surface area contributed by atoms with Crippen molar-refractivity contribution in [1.82, 2.24) is 14.6 Å². The number of hydrogen-bond donors (Lipinski definition) is 4. The van der Waals surface area contributed by atoms with Crippen LogP contribution in [0.3, 0.4) is 0 Å². The van der Waals surface area contributed by atoms with Gasteiger partial charge in [-0.25, -0.2) is 4.57 Å². The molecule has 2 aromatic rings. The first kappa shape index (κ1) is 29.9. The van der Waals surface area contributed by atoms with Gasteiger partial charge in [-0.1, -0.05) is 35.5 Å². The first-order valence-electron chi connectivity index (χ1n) is 11.3. The fraction of sp³-hybridized carbons (Fsp3) is 0.476. The van der Waals surface area contributed by atoms with Crippen LogP contribution in [0, 0.1) is 9.41 Å². The van der Waals surface area contributed by atoms with Crippen molar-refractivity contribution in [1.29, 1.82) is 0 Å². The third-order valence-electron chi connectivity index (χ3n) is 5.21. The maximum atomic E-state index is 13.8. The van der Waals surface area contributed by atoms with Gasteiger partial charge in [0.15, 0.2) is 11.0 Å². The van der Waals surface area contributed by atoms with E-state index in [2.05, 4.69) is 20.1 Å². The average molecular weight is 587 g/mol. The number of carbonyl (C=O) groups is 1. The molecule has 0 amide bonds. The minimum Gasteiger partial charge on any atom is -0.462 e. The van der Waals surface area contributed by atoms with Crippen LogP contribution in [0.4, 0.5) is 0 Å². The number of H-pyrrole nitrogens is 1. The second-order valence-electron chi connectivity index (χ2n) is 8.51. The lowest BCUT2D eigenvalue weighted by atomic mass is 10.1. The number of para-hydroxylation sites is 1. The van der Waals surface area contributed by atoms with E-state index in [1.54, 1.807) is 32.0 Å². The number of carbonyl (C=O) groups excluding carboxylic acids is 1. The molecule has 3 rings (SSSR count). The first-order chi connectivity index (χ1) is 17.9. The van der Waals surface area contributed by atoms with Crippen LogP contribution in [-0.4, -0.2) is 62.4 Å². The Morgan fingerprint density at radius 3 is 2.61 bits per heavy atom. The second kappa shape index (κ2) is 12.5. The summed E-state index contributed by atoms with van der Waals surface area (Å²) < 4.78 is 37.4. The lowest BCUT2D eigenvalue weighted by Gasteiger charge is -2.29. The molecule has 17 heteroatoms. The Kier molecular flexibility index (Phi) is 9.81. The van der Waals surface area contributed by atoms with Crippen molar-refractivity contribution in [2.75, 3.05) is 6.61 Å². The monoisotopic (exact) mass is 586 g/mol. The fourth-order valence-corrected chi connectivity index (χ4v) is 5.45. The Morgan fingerprint density at radius 2 is 2.00 bits per heavy atom. The van der Waals surface area contributed by atoms with E-state index >= 15 is 0 Å². The third kappa shape index (κ3) is 7.05. The van der Waals surface area contributed by atoms with Gasteiger partial charge in [0.05, 0.1) is 12.7 Å². The van der Waals surface area contributed by atoms with Gasteiger partial charge in [-0.05, 0) is 56.7 Å². The molecule has 0 saturated carbocycles. The van der Waals surface area contributed by atoms with Crippen LogP contribution in [0.1, 0.15) is 27.0 Å². The zero-order valence-electron chi connectivity index (χ0n) is 20.5. The average Bonchev–Trinajstić information content (AvgIpc) is 3.09. The Balaban J connectivity index is 1.91. The van der Waals surface area contributed by atoms with Crippen LogP contribution >= 0.6 is 32.2 Å². The summed E-state index contributed by atoms with van der Waals surface area (Å²) in [6.07, 6.45) is -3.85. The van der Waals surface area contributed by atoms with Crippen LogP contribution in [0.5, 0.6) is 5.75 Å². The summed E-state index contributed by atoms with van der Waals surface area (Å²) in [5.74, 6) is -0.601. The number of esters is 1. The highest BCUT2D eigenvalue weighted by molar-refractivity contribution is 7.72. The Labute approximate surface area is 227 Å². The van der Waals surface area contributed by atoms with E-state index in [1.807, 2.05) is 0 Å². The molecule has 0 aliphatic carbocycles. The highest BCUT2D eigenvalue weighted by Crippen LogP contribution is 2.48. The van der Waals surface area contributed by atoms with Crippen molar-refractivity contribution in [2.45, 2.75) is 57.1 Å². The van der Waals surface area contributed by atoms with E-state index in [-0.39, 0.29) is 10.5 Å². The predicted octanol–water partition coefficient (Wildman–Crippen LogP) is 3.67. The van der Waals surface area contributed by atoms with Gasteiger partial charge in [-0.15, -0.1) is 0 Å². The molecule has 0 radical (unpaired) electrons. The number of hydrogen-bond acceptors (Lipinski definition) is 11. The van der Waals surface area contributed by atoms with Crippen LogP contribution < -0.4 is 9.61 Å². The number of nitrogens with one attached hydrogen (secondary N) is 2. The molecule has 1 fully saturated rings. The molecule has 0 spiro atoms. The second-order valence-corrected chi connectivity index (χ2v) is 11.0. The summed E-state index contributed by atoms with van der Waals surface area (Å²) in [7, 11) is -4.42. The topological polar surface area (TPSA) is 193 Å². The minimum atomic E-state index is -4.42. The lowest BCUT2D eigenvalue weighted by molar-refractivity contribution is -0.149. The van der Waals surface area contributed by atoms with Gasteiger partial charge in [0.1, 0.15) is 28.6 Å². The molecule has 1 saturated heterocycles. The van der Waals surface area contributed by atoms with Crippen LogP contribution in [-0.2, 0) is 23.4 Å². The van der Waals surface area contributed by atoms with Crippen LogP contribution in [0.25, 0.3) is 10.4 Å². The zero-order valence-corrected chi connectivity index (χ0v) is 23.1. The lowest BCUT2D eigenvalue weighted by Crippen LogP contribution is -2.45. The van der Waals surface area contributed by atoms with Crippen LogP contribution in [0.15, 0.2) is 47.7 Å². The molecule has 1 aromatic carbocycles. The van der Waals surface area contributed by atoms with Crippen molar-refractivity contribution in [3.63, 3.8) is 0 Å². The van der Waals surface area contributed by atoms with Gasteiger partial charge in [-0.2, -0.15) is 5.09 Å². The summed E-state index contributed by atoms with van der Waals surface area (Å²) in [6.45, 7) is 3.83. The van der Waals surface area contributed by atoms with Crippen molar-refractivity contribution in [2.24, 2.45) is 5.11 Å². The Bertz CT molecular complexity index is 1350. The molecule has 14 nitrogen and oxygen atoms in total. The number of benzene rings is 1. The van der Waals surface area contributed by atoms with E-state index < -0.39 is 56.6 Å². The highest BCUT2D eigenvalue weighted by atomic mass is 32.1. The number of azide groups is 1. The molecule has 1 aliphatic heterocycles. The van der Waals surface area contributed by atoms with E-state index in [1.165, 1.54) is 35.9 Å². The van der Waals surface area contributed by atoms with Crippen LogP contribution in [0.2, 0.25) is 0 Å². The van der Waals surface area contributed by atoms with E-state index in [0.29, 0.717) is 4.64 Å². The standard InChI is InChI=1S/C21H27N6O8PS2/c1-12(2)33-19(30)13(3)24-36(31,35-14-7-5-4-6-8-14)32-11-21(25-26-22)17(29)16(28)18(34-21)27-10-9-15(37)23-20(27)38/h4-10,12-13,16-18,28-29H,11H2,1-3H3,(H,24,31)(H,23,37,38)/t13-,16-,17?,18+,21+,36?/m0/s1. The summed E-state index contributed by atoms with van der Waals surface area (Å²) in [5, 5.41) is 27.6. The zero-order chi connectivity index (χ0) is 28.1. The predicted molar refractivity (Wildman–Crippen MR) is 139 cm³/mol. The number of rotatable bonds is 11. The van der Waals surface area contributed by atoms with E-state index in [0.717, 1.165) is 0 Å². The largest absolute Gasteiger partial charge is 0.462 e. The summed E-state index contributed by atoms with van der Waals surface area (Å²) >= 11 is 10.2. The molecular weight excluding hydrogens is 559 g/mol. The smallest absolute Gasteiger partial charge is 0.459 e. The van der Waals surface area contributed by atoms with Gasteiger partial charge in [0.25, 0.3) is 0 Å². The number of nitrogens with zero attached hydrogens (tertiary/aromatic N) is 4. The molecule has 1 aliphatic rings. The first-order valence-corrected chi connectivity index (χ1v) is 13.6. The summed E-state index contributed by atoms with van der Waals surface area (Å²) in [4.78, 5) is 17.8. The maximum absolute atomic E-state index is 13.8. The summed E-state index contributed by atoms with van der Waals surface area (Å²) in [5.41, 5.74) is 6.95. The number of aromatic nitrogens is 2. The molecule has 38 heavy (non-hydrogen) atoms. The molecule has 206 valence electrons. The molecule has 2 heterocycles. The van der Waals surface area contributed by atoms with Crippen molar-refractivity contribution >= 4 is 38.2 Å². The summed E-state index contributed by atoms with van der Waals surface area (Å²) in [6, 6.07) is 8.27. The SMILES string of the molecule is CC(C)OC(=O)[C@H](C)NP(=O)(OC[C@@]1(N=[N+]=[N-])O[C@@H](n2ccc(=S)[nH]c2=S)[C@@H](O)C1O)Oc1ccccc1. The van der Waals surface area contributed by atoms with Gasteiger partial charge in [0.2, 0.25) is 5.72 Å². The van der Waals surface area contributed by atoms with Gasteiger partial charge >= 0.3 is 13.7 Å².